The van der Waals surface area contributed by atoms with Crippen molar-refractivity contribution in [1.29, 1.82) is 0 Å². The van der Waals surface area contributed by atoms with Crippen molar-refractivity contribution in [3.05, 3.63) is 0 Å². The molecule has 1 rings (SSSR count). The number of rotatable bonds is 7. The first kappa shape index (κ1) is 22.5. The quantitative estimate of drug-likeness (QED) is 0.474. The van der Waals surface area contributed by atoms with Crippen LogP contribution in [0.25, 0.3) is 0 Å². The van der Waals surface area contributed by atoms with Crippen molar-refractivity contribution < 1.29 is 9.53 Å². The van der Waals surface area contributed by atoms with Gasteiger partial charge in [0.15, 0.2) is 5.96 Å². The van der Waals surface area contributed by atoms with Crippen LogP contribution in [0.2, 0.25) is 0 Å². The van der Waals surface area contributed by atoms with Gasteiger partial charge in [0.05, 0.1) is 6.04 Å². The molecule has 0 bridgehead atoms. The van der Waals surface area contributed by atoms with Crippen molar-refractivity contribution in [2.75, 3.05) is 33.2 Å². The average Bonchev–Trinajstić information content (AvgIpc) is 2.99. The van der Waals surface area contributed by atoms with E-state index in [9.17, 15) is 4.79 Å². The Hall–Kier alpha value is -1.50. The predicted octanol–water partition coefficient (Wildman–Crippen LogP) is 2.19. The molecule has 7 heteroatoms. The van der Waals surface area contributed by atoms with E-state index in [1.54, 1.807) is 7.05 Å². The van der Waals surface area contributed by atoms with Gasteiger partial charge in [-0.1, -0.05) is 20.8 Å². The van der Waals surface area contributed by atoms with Crippen molar-refractivity contribution in [2.24, 2.45) is 10.9 Å². The van der Waals surface area contributed by atoms with Gasteiger partial charge in [-0.25, -0.2) is 4.79 Å². The van der Waals surface area contributed by atoms with E-state index in [1.165, 1.54) is 19.4 Å². The highest BCUT2D eigenvalue weighted by atomic mass is 16.6. The number of nitrogens with zero attached hydrogens (tertiary/aromatic N) is 2. The van der Waals surface area contributed by atoms with Crippen LogP contribution in [0.3, 0.4) is 0 Å². The van der Waals surface area contributed by atoms with Crippen LogP contribution in [-0.4, -0.2) is 67.9 Å². The number of alkyl carbamates (subject to hydrolysis) is 1. The van der Waals surface area contributed by atoms with E-state index in [0.29, 0.717) is 12.6 Å². The van der Waals surface area contributed by atoms with Crippen molar-refractivity contribution >= 4 is 12.1 Å². The highest BCUT2D eigenvalue weighted by Crippen LogP contribution is 2.15. The molecule has 1 amide bonds. The van der Waals surface area contributed by atoms with E-state index < -0.39 is 5.60 Å². The van der Waals surface area contributed by atoms with Gasteiger partial charge in [-0.15, -0.1) is 0 Å². The zero-order valence-corrected chi connectivity index (χ0v) is 17.7. The molecule has 0 aromatic rings. The zero-order chi connectivity index (χ0) is 19.7. The second kappa shape index (κ2) is 10.6. The standard InChI is InChI=1S/C19H39N5O2/c1-8-24-11-9-10-15(24)12-21-17(20-7)22-13-16(14(2)3)23-18(25)26-19(4,5)6/h14-16H,8-13H2,1-7H3,(H,23,25)(H2,20,21,22). The van der Waals surface area contributed by atoms with Crippen LogP contribution in [0.1, 0.15) is 54.4 Å². The Morgan fingerprint density at radius 2 is 2.00 bits per heavy atom. The number of likely N-dealkylation sites (N-methyl/N-ethyl adjacent to an activating group) is 1. The summed E-state index contributed by atoms with van der Waals surface area (Å²) in [5, 5.41) is 9.69. The van der Waals surface area contributed by atoms with Gasteiger partial charge in [-0.2, -0.15) is 0 Å². The lowest BCUT2D eigenvalue weighted by molar-refractivity contribution is 0.0491. The van der Waals surface area contributed by atoms with Gasteiger partial charge < -0.3 is 20.7 Å². The molecule has 1 aliphatic heterocycles. The molecule has 0 aliphatic carbocycles. The second-order valence-electron chi connectivity index (χ2n) is 8.26. The van der Waals surface area contributed by atoms with E-state index >= 15 is 0 Å². The molecule has 152 valence electrons. The van der Waals surface area contributed by atoms with Gasteiger partial charge in [-0.05, 0) is 52.6 Å². The number of ether oxygens (including phenoxy) is 1. The molecule has 1 aliphatic rings. The maximum atomic E-state index is 12.0. The third-order valence-electron chi connectivity index (χ3n) is 4.63. The third kappa shape index (κ3) is 8.25. The zero-order valence-electron chi connectivity index (χ0n) is 17.7. The summed E-state index contributed by atoms with van der Waals surface area (Å²) in [4.78, 5) is 18.8. The maximum Gasteiger partial charge on any atom is 0.407 e. The van der Waals surface area contributed by atoms with Crippen LogP contribution < -0.4 is 16.0 Å². The molecule has 7 nitrogen and oxygen atoms in total. The first-order valence-electron chi connectivity index (χ1n) is 9.84. The molecule has 0 spiro atoms. The van der Waals surface area contributed by atoms with Crippen LogP contribution in [0.15, 0.2) is 4.99 Å². The topological polar surface area (TPSA) is 78.0 Å². The lowest BCUT2D eigenvalue weighted by Gasteiger charge is -2.27. The molecule has 2 unspecified atom stereocenters. The summed E-state index contributed by atoms with van der Waals surface area (Å²) >= 11 is 0. The van der Waals surface area contributed by atoms with E-state index in [1.807, 2.05) is 20.8 Å². The van der Waals surface area contributed by atoms with Crippen LogP contribution in [-0.2, 0) is 4.74 Å². The van der Waals surface area contributed by atoms with Crippen LogP contribution in [0.5, 0.6) is 0 Å². The number of carbonyl (C=O) groups excluding carboxylic acids is 1. The minimum atomic E-state index is -0.497. The molecule has 0 aromatic carbocycles. The number of aliphatic imine (C=N–C) groups is 1. The molecular formula is C19H39N5O2. The monoisotopic (exact) mass is 369 g/mol. The van der Waals surface area contributed by atoms with Gasteiger partial charge in [-0.3, -0.25) is 9.89 Å². The van der Waals surface area contributed by atoms with E-state index in [-0.39, 0.29) is 18.1 Å². The number of nitrogens with one attached hydrogen (secondary N) is 3. The average molecular weight is 370 g/mol. The summed E-state index contributed by atoms with van der Waals surface area (Å²) in [7, 11) is 1.77. The number of hydrogen-bond acceptors (Lipinski definition) is 4. The van der Waals surface area contributed by atoms with E-state index in [0.717, 1.165) is 19.0 Å². The first-order valence-corrected chi connectivity index (χ1v) is 9.84. The van der Waals surface area contributed by atoms with E-state index in [4.69, 9.17) is 4.74 Å². The Morgan fingerprint density at radius 3 is 2.54 bits per heavy atom. The van der Waals surface area contributed by atoms with Crippen LogP contribution in [0.4, 0.5) is 4.79 Å². The fraction of sp³-hybridized carbons (Fsp3) is 0.895. The number of hydrogen-bond donors (Lipinski definition) is 3. The SMILES string of the molecule is CCN1CCCC1CNC(=NC)NCC(NC(=O)OC(C)(C)C)C(C)C. The Kier molecular flexibility index (Phi) is 9.19. The summed E-state index contributed by atoms with van der Waals surface area (Å²) in [6.07, 6.45) is 2.11. The third-order valence-corrected chi connectivity index (χ3v) is 4.63. The molecule has 2 atom stereocenters. The Morgan fingerprint density at radius 1 is 1.31 bits per heavy atom. The van der Waals surface area contributed by atoms with Crippen LogP contribution >= 0.6 is 0 Å². The van der Waals surface area contributed by atoms with Crippen molar-refractivity contribution in [2.45, 2.75) is 72.1 Å². The summed E-state index contributed by atoms with van der Waals surface area (Å²) in [6.45, 7) is 15.7. The van der Waals surface area contributed by atoms with E-state index in [2.05, 4.69) is 46.6 Å². The smallest absolute Gasteiger partial charge is 0.407 e. The highest BCUT2D eigenvalue weighted by molar-refractivity contribution is 5.79. The summed E-state index contributed by atoms with van der Waals surface area (Å²) in [6, 6.07) is 0.529. The normalized spacial score (nSPS) is 20.2. The summed E-state index contributed by atoms with van der Waals surface area (Å²) < 4.78 is 5.36. The summed E-state index contributed by atoms with van der Waals surface area (Å²) in [5.41, 5.74) is -0.497. The summed E-state index contributed by atoms with van der Waals surface area (Å²) in [5.74, 6) is 1.04. The van der Waals surface area contributed by atoms with Gasteiger partial charge in [0.25, 0.3) is 0 Å². The molecule has 0 aromatic heterocycles. The van der Waals surface area contributed by atoms with Gasteiger partial charge in [0, 0.05) is 26.2 Å². The highest BCUT2D eigenvalue weighted by Gasteiger charge is 2.24. The largest absolute Gasteiger partial charge is 0.444 e. The fourth-order valence-corrected chi connectivity index (χ4v) is 3.10. The lowest BCUT2D eigenvalue weighted by Crippen LogP contribution is -2.51. The first-order chi connectivity index (χ1) is 12.2. The molecule has 1 fully saturated rings. The van der Waals surface area contributed by atoms with Crippen LogP contribution in [0, 0.1) is 5.92 Å². The molecule has 3 N–H and O–H groups in total. The lowest BCUT2D eigenvalue weighted by atomic mass is 10.0. The minimum absolute atomic E-state index is 0.0398. The second-order valence-corrected chi connectivity index (χ2v) is 8.26. The van der Waals surface area contributed by atoms with Gasteiger partial charge >= 0.3 is 6.09 Å². The molecule has 26 heavy (non-hydrogen) atoms. The van der Waals surface area contributed by atoms with Crippen molar-refractivity contribution in [3.63, 3.8) is 0 Å². The van der Waals surface area contributed by atoms with Crippen molar-refractivity contribution in [3.8, 4) is 0 Å². The number of guanidine groups is 1. The van der Waals surface area contributed by atoms with Crippen molar-refractivity contribution in [1.82, 2.24) is 20.9 Å². The molecule has 1 heterocycles. The van der Waals surface area contributed by atoms with Gasteiger partial charge in [0.1, 0.15) is 5.60 Å². The molecule has 0 radical (unpaired) electrons. The molecule has 1 saturated heterocycles. The maximum absolute atomic E-state index is 12.0. The fourth-order valence-electron chi connectivity index (χ4n) is 3.10. The Labute approximate surface area is 159 Å². The Balaban J connectivity index is 2.46. The molecular weight excluding hydrogens is 330 g/mol. The predicted molar refractivity (Wildman–Crippen MR) is 108 cm³/mol. The molecule has 0 saturated carbocycles. The Bertz CT molecular complexity index is 459. The minimum Gasteiger partial charge on any atom is -0.444 e. The van der Waals surface area contributed by atoms with Gasteiger partial charge in [0.2, 0.25) is 0 Å². The number of carbonyl (C=O) groups is 1. The number of likely N-dealkylation sites (tertiary alicyclic amines) is 1. The number of amides is 1.